The molecule has 0 atom stereocenters. The van der Waals surface area contributed by atoms with E-state index in [4.69, 9.17) is 0 Å². The third kappa shape index (κ3) is 4.16. The predicted octanol–water partition coefficient (Wildman–Crippen LogP) is 4.71. The van der Waals surface area contributed by atoms with Gasteiger partial charge in [0, 0.05) is 24.0 Å². The first kappa shape index (κ1) is 21.0. The Balaban J connectivity index is 1.68. The van der Waals surface area contributed by atoms with Gasteiger partial charge in [0.25, 0.3) is 5.56 Å². The number of hydrogen-bond donors (Lipinski definition) is 0. The van der Waals surface area contributed by atoms with Gasteiger partial charge in [0.1, 0.15) is 11.4 Å². The Hall–Kier alpha value is -3.25. The van der Waals surface area contributed by atoms with Crippen LogP contribution in [-0.4, -0.2) is 27.4 Å². The Morgan fingerprint density at radius 1 is 1.06 bits per heavy atom. The average Bonchev–Trinajstić information content (AvgIpc) is 3.09. The minimum atomic E-state index is -0.177. The fourth-order valence-corrected chi connectivity index (χ4v) is 4.71. The number of amides is 1. The maximum absolute atomic E-state index is 13.4. The van der Waals surface area contributed by atoms with E-state index in [-0.39, 0.29) is 18.0 Å². The first-order valence-corrected chi connectivity index (χ1v) is 11.0. The maximum Gasteiger partial charge on any atom is 0.263 e. The number of nitrogens with zero attached hydrogens (tertiary/aromatic N) is 3. The van der Waals surface area contributed by atoms with Crippen LogP contribution in [0.15, 0.2) is 59.7 Å². The largest absolute Gasteiger partial charge is 0.340 e. The summed E-state index contributed by atoms with van der Waals surface area (Å²) in [4.78, 5) is 34.0. The van der Waals surface area contributed by atoms with Gasteiger partial charge in [0.15, 0.2) is 0 Å². The number of likely N-dealkylation sites (N-methyl/N-ethyl adjacent to an activating group) is 1. The summed E-state index contributed by atoms with van der Waals surface area (Å²) in [7, 11) is 1.75. The monoisotopic (exact) mass is 431 g/mol. The van der Waals surface area contributed by atoms with Crippen molar-refractivity contribution in [2.24, 2.45) is 0 Å². The molecule has 2 aromatic carbocycles. The lowest BCUT2D eigenvalue weighted by atomic mass is 9.99. The van der Waals surface area contributed by atoms with Gasteiger partial charge < -0.3 is 4.90 Å². The number of fused-ring (bicyclic) bond motifs is 1. The van der Waals surface area contributed by atoms with Crippen LogP contribution in [0.3, 0.4) is 0 Å². The summed E-state index contributed by atoms with van der Waals surface area (Å²) in [6.07, 6.45) is 1.49. The molecule has 4 aromatic rings. The summed E-state index contributed by atoms with van der Waals surface area (Å²) in [6, 6.07) is 16.0. The average molecular weight is 432 g/mol. The molecule has 0 fully saturated rings. The number of rotatable bonds is 5. The SMILES string of the molecule is Cc1ccc(-c2c(C)sc3ncn(CC(=O)N(C)Cc4ccccc4)c(=O)c23)cc1C. The minimum Gasteiger partial charge on any atom is -0.340 e. The van der Waals surface area contributed by atoms with Gasteiger partial charge in [-0.1, -0.05) is 48.5 Å². The molecule has 0 bridgehead atoms. The lowest BCUT2D eigenvalue weighted by molar-refractivity contribution is -0.131. The molecule has 0 spiro atoms. The quantitative estimate of drug-likeness (QED) is 0.460. The molecule has 5 nitrogen and oxygen atoms in total. The fraction of sp³-hybridized carbons (Fsp3) is 0.240. The zero-order valence-corrected chi connectivity index (χ0v) is 19.0. The maximum atomic E-state index is 13.4. The molecule has 0 radical (unpaired) electrons. The van der Waals surface area contributed by atoms with Crippen molar-refractivity contribution in [3.05, 3.63) is 86.8 Å². The van der Waals surface area contributed by atoms with Crippen molar-refractivity contribution < 1.29 is 4.79 Å². The second-order valence-corrected chi connectivity index (χ2v) is 9.13. The molecule has 6 heteroatoms. The molecule has 31 heavy (non-hydrogen) atoms. The Bertz CT molecular complexity index is 1320. The van der Waals surface area contributed by atoms with Crippen molar-refractivity contribution in [1.82, 2.24) is 14.5 Å². The van der Waals surface area contributed by atoms with Gasteiger partial charge in [-0.05, 0) is 43.0 Å². The van der Waals surface area contributed by atoms with Crippen LogP contribution < -0.4 is 5.56 Å². The van der Waals surface area contributed by atoms with E-state index in [0.29, 0.717) is 16.8 Å². The second kappa shape index (κ2) is 8.47. The van der Waals surface area contributed by atoms with Crippen molar-refractivity contribution in [1.29, 1.82) is 0 Å². The van der Waals surface area contributed by atoms with Gasteiger partial charge in [-0.2, -0.15) is 0 Å². The van der Waals surface area contributed by atoms with E-state index in [1.807, 2.05) is 43.3 Å². The van der Waals surface area contributed by atoms with E-state index in [1.54, 1.807) is 11.9 Å². The summed E-state index contributed by atoms with van der Waals surface area (Å²) in [5.41, 5.74) is 5.19. The molecule has 0 aliphatic carbocycles. The van der Waals surface area contributed by atoms with Crippen LogP contribution in [0.2, 0.25) is 0 Å². The van der Waals surface area contributed by atoms with Gasteiger partial charge in [0.2, 0.25) is 5.91 Å². The first-order chi connectivity index (χ1) is 14.8. The van der Waals surface area contributed by atoms with E-state index in [9.17, 15) is 9.59 Å². The summed E-state index contributed by atoms with van der Waals surface area (Å²) < 4.78 is 1.42. The molecule has 0 aliphatic rings. The Labute approximate surface area is 185 Å². The summed E-state index contributed by atoms with van der Waals surface area (Å²) >= 11 is 1.51. The highest BCUT2D eigenvalue weighted by atomic mass is 32.1. The van der Waals surface area contributed by atoms with Crippen LogP contribution in [0.1, 0.15) is 21.6 Å². The Morgan fingerprint density at radius 3 is 2.52 bits per heavy atom. The number of aryl methyl sites for hydroxylation is 3. The smallest absolute Gasteiger partial charge is 0.263 e. The van der Waals surface area contributed by atoms with Crippen molar-refractivity contribution >= 4 is 27.5 Å². The highest BCUT2D eigenvalue weighted by molar-refractivity contribution is 7.19. The lowest BCUT2D eigenvalue weighted by Crippen LogP contribution is -2.33. The van der Waals surface area contributed by atoms with E-state index in [2.05, 4.69) is 31.0 Å². The summed E-state index contributed by atoms with van der Waals surface area (Å²) in [5.74, 6) is -0.133. The molecule has 0 unspecified atom stereocenters. The number of thiophene rings is 1. The van der Waals surface area contributed by atoms with E-state index >= 15 is 0 Å². The van der Waals surface area contributed by atoms with Crippen molar-refractivity contribution in [2.45, 2.75) is 33.9 Å². The van der Waals surface area contributed by atoms with Crippen LogP contribution in [-0.2, 0) is 17.9 Å². The number of hydrogen-bond acceptors (Lipinski definition) is 4. The van der Waals surface area contributed by atoms with Gasteiger partial charge in [-0.25, -0.2) is 4.98 Å². The number of aromatic nitrogens is 2. The van der Waals surface area contributed by atoms with Crippen molar-refractivity contribution in [3.8, 4) is 11.1 Å². The van der Waals surface area contributed by atoms with Crippen LogP contribution in [0, 0.1) is 20.8 Å². The fourth-order valence-electron chi connectivity index (χ4n) is 3.71. The second-order valence-electron chi connectivity index (χ2n) is 7.93. The van der Waals surface area contributed by atoms with Gasteiger partial charge in [0.05, 0.1) is 11.7 Å². The van der Waals surface area contributed by atoms with Gasteiger partial charge in [-0.15, -0.1) is 11.3 Å². The number of carbonyl (C=O) groups is 1. The molecule has 2 aromatic heterocycles. The Kier molecular flexibility index (Phi) is 5.74. The standard InChI is InChI=1S/C25H25N3O2S/c1-16-10-11-20(12-17(16)2)22-18(3)31-24-23(22)25(30)28(15-26-24)14-21(29)27(4)13-19-8-6-5-7-9-19/h5-12,15H,13-14H2,1-4H3. The van der Waals surface area contributed by atoms with E-state index in [0.717, 1.165) is 21.6 Å². The third-order valence-corrected chi connectivity index (χ3v) is 6.66. The summed E-state index contributed by atoms with van der Waals surface area (Å²) in [6.45, 7) is 6.62. The van der Waals surface area contributed by atoms with Gasteiger partial charge >= 0.3 is 0 Å². The molecular weight excluding hydrogens is 406 g/mol. The number of carbonyl (C=O) groups excluding carboxylic acids is 1. The normalized spacial score (nSPS) is 11.1. The van der Waals surface area contributed by atoms with E-state index in [1.165, 1.54) is 33.4 Å². The predicted molar refractivity (Wildman–Crippen MR) is 126 cm³/mol. The third-order valence-electron chi connectivity index (χ3n) is 5.64. The topological polar surface area (TPSA) is 55.2 Å². The highest BCUT2D eigenvalue weighted by Gasteiger charge is 2.19. The molecule has 0 aliphatic heterocycles. The Morgan fingerprint density at radius 2 is 1.81 bits per heavy atom. The first-order valence-electron chi connectivity index (χ1n) is 10.2. The molecule has 2 heterocycles. The van der Waals surface area contributed by atoms with Gasteiger partial charge in [-0.3, -0.25) is 14.2 Å². The summed E-state index contributed by atoms with van der Waals surface area (Å²) in [5, 5.41) is 0.590. The molecule has 0 saturated heterocycles. The number of benzene rings is 2. The van der Waals surface area contributed by atoms with Crippen molar-refractivity contribution in [3.63, 3.8) is 0 Å². The molecule has 4 rings (SSSR count). The molecule has 0 saturated carbocycles. The van der Waals surface area contributed by atoms with E-state index < -0.39 is 0 Å². The molecule has 1 amide bonds. The van der Waals surface area contributed by atoms with Crippen LogP contribution in [0.25, 0.3) is 21.3 Å². The molecular formula is C25H25N3O2S. The van der Waals surface area contributed by atoms with Crippen LogP contribution in [0.4, 0.5) is 0 Å². The lowest BCUT2D eigenvalue weighted by Gasteiger charge is -2.18. The molecule has 0 N–H and O–H groups in total. The zero-order valence-electron chi connectivity index (χ0n) is 18.2. The minimum absolute atomic E-state index is 0.0354. The van der Waals surface area contributed by atoms with Crippen molar-refractivity contribution in [2.75, 3.05) is 7.05 Å². The zero-order chi connectivity index (χ0) is 22.1. The highest BCUT2D eigenvalue weighted by Crippen LogP contribution is 2.36. The van der Waals surface area contributed by atoms with Crippen LogP contribution in [0.5, 0.6) is 0 Å². The van der Waals surface area contributed by atoms with Crippen LogP contribution >= 0.6 is 11.3 Å². The molecule has 158 valence electrons.